The minimum Gasteiger partial charge on any atom is -0.336 e. The van der Waals surface area contributed by atoms with Gasteiger partial charge in [0.1, 0.15) is 6.33 Å². The number of benzene rings is 2. The minimum absolute atomic E-state index is 0.0336. The highest BCUT2D eigenvalue weighted by atomic mass is 35.5. The Labute approximate surface area is 184 Å². The minimum atomic E-state index is -0.240. The summed E-state index contributed by atoms with van der Waals surface area (Å²) in [5.74, 6) is -0.292. The van der Waals surface area contributed by atoms with Crippen molar-refractivity contribution in [2.24, 2.45) is 0 Å². The van der Waals surface area contributed by atoms with E-state index in [9.17, 15) is 9.59 Å². The third-order valence-electron chi connectivity index (χ3n) is 4.48. The zero-order chi connectivity index (χ0) is 21.7. The predicted octanol–water partition coefficient (Wildman–Crippen LogP) is 3.73. The van der Waals surface area contributed by atoms with Crippen molar-refractivity contribution in [3.05, 3.63) is 64.9 Å². The van der Waals surface area contributed by atoms with E-state index in [1.54, 1.807) is 30.1 Å². The van der Waals surface area contributed by atoms with E-state index in [0.29, 0.717) is 10.2 Å². The molecule has 0 aliphatic heterocycles. The van der Waals surface area contributed by atoms with Crippen LogP contribution in [-0.4, -0.2) is 50.8 Å². The van der Waals surface area contributed by atoms with Crippen LogP contribution in [-0.2, 0) is 9.59 Å². The molecule has 0 aliphatic carbocycles. The Bertz CT molecular complexity index is 1050. The summed E-state index contributed by atoms with van der Waals surface area (Å²) in [4.78, 5) is 26.3. The van der Waals surface area contributed by atoms with Crippen LogP contribution in [0, 0.1) is 13.8 Å². The largest absolute Gasteiger partial charge is 0.336 e. The zero-order valence-corrected chi connectivity index (χ0v) is 18.5. The van der Waals surface area contributed by atoms with Crippen LogP contribution in [0.2, 0.25) is 5.02 Å². The molecule has 0 atom stereocenters. The molecule has 2 amide bonds. The molecule has 0 fully saturated rings. The number of nitrogens with one attached hydrogen (secondary N) is 1. The van der Waals surface area contributed by atoms with Gasteiger partial charge in [0.15, 0.2) is 5.16 Å². The third kappa shape index (κ3) is 5.40. The Morgan fingerprint density at radius 1 is 1.17 bits per heavy atom. The summed E-state index contributed by atoms with van der Waals surface area (Å²) >= 11 is 7.30. The Hall–Kier alpha value is -2.84. The first-order valence-electron chi connectivity index (χ1n) is 9.24. The summed E-state index contributed by atoms with van der Waals surface area (Å²) in [7, 11) is 1.61. The quantitative estimate of drug-likeness (QED) is 0.563. The number of hydrogen-bond donors (Lipinski definition) is 1. The lowest BCUT2D eigenvalue weighted by atomic mass is 10.1. The van der Waals surface area contributed by atoms with Crippen LogP contribution in [0.3, 0.4) is 0 Å². The summed E-state index contributed by atoms with van der Waals surface area (Å²) in [5, 5.41) is 12.1. The van der Waals surface area contributed by atoms with Crippen molar-refractivity contribution in [1.29, 1.82) is 0 Å². The molecule has 0 spiro atoms. The highest BCUT2D eigenvalue weighted by Gasteiger charge is 2.16. The molecule has 1 heterocycles. The first kappa shape index (κ1) is 21.9. The van der Waals surface area contributed by atoms with E-state index in [1.165, 1.54) is 16.7 Å². The highest BCUT2D eigenvalue weighted by Crippen LogP contribution is 2.22. The van der Waals surface area contributed by atoms with E-state index < -0.39 is 0 Å². The zero-order valence-electron chi connectivity index (χ0n) is 16.9. The van der Waals surface area contributed by atoms with E-state index in [1.807, 2.05) is 44.2 Å². The molecule has 0 aliphatic rings. The van der Waals surface area contributed by atoms with Crippen molar-refractivity contribution in [2.75, 3.05) is 24.7 Å². The predicted molar refractivity (Wildman–Crippen MR) is 119 cm³/mol. The van der Waals surface area contributed by atoms with Gasteiger partial charge >= 0.3 is 0 Å². The summed E-state index contributed by atoms with van der Waals surface area (Å²) in [6.07, 6.45) is 1.57. The molecular weight excluding hydrogens is 422 g/mol. The van der Waals surface area contributed by atoms with Crippen molar-refractivity contribution < 1.29 is 9.59 Å². The molecule has 1 N–H and O–H groups in total. The Morgan fingerprint density at radius 3 is 2.57 bits per heavy atom. The molecule has 2 aromatic carbocycles. The van der Waals surface area contributed by atoms with Crippen molar-refractivity contribution in [3.8, 4) is 5.69 Å². The van der Waals surface area contributed by atoms with Gasteiger partial charge in [-0.3, -0.25) is 14.2 Å². The van der Waals surface area contributed by atoms with Crippen LogP contribution in [0.25, 0.3) is 5.69 Å². The maximum absolute atomic E-state index is 12.5. The monoisotopic (exact) mass is 443 g/mol. The summed E-state index contributed by atoms with van der Waals surface area (Å²) in [5.41, 5.74) is 3.55. The van der Waals surface area contributed by atoms with Gasteiger partial charge < -0.3 is 10.2 Å². The van der Waals surface area contributed by atoms with Crippen molar-refractivity contribution in [2.45, 2.75) is 19.0 Å². The summed E-state index contributed by atoms with van der Waals surface area (Å²) in [6, 6.07) is 13.1. The number of rotatable bonds is 7. The van der Waals surface area contributed by atoms with E-state index in [2.05, 4.69) is 15.5 Å². The first-order chi connectivity index (χ1) is 14.3. The number of thioether (sulfide) groups is 1. The average molecular weight is 444 g/mol. The lowest BCUT2D eigenvalue weighted by Gasteiger charge is -2.18. The second-order valence-electron chi connectivity index (χ2n) is 6.82. The van der Waals surface area contributed by atoms with Gasteiger partial charge in [0.2, 0.25) is 11.8 Å². The van der Waals surface area contributed by atoms with Gasteiger partial charge in [-0.25, -0.2) is 0 Å². The number of aromatic nitrogens is 3. The molecule has 156 valence electrons. The fourth-order valence-corrected chi connectivity index (χ4v) is 3.91. The molecule has 0 unspecified atom stereocenters. The molecule has 30 heavy (non-hydrogen) atoms. The molecule has 0 saturated carbocycles. The molecular formula is C21H22ClN5O2S. The Balaban J connectivity index is 1.57. The second kappa shape index (κ2) is 9.77. The standard InChI is InChI=1S/C21H22ClN5O2S/c1-14-6-4-7-15(2)20(14)24-18(28)11-26(3)19(29)12-30-21-25-23-13-27(21)17-9-5-8-16(22)10-17/h4-10,13H,11-12H2,1-3H3,(H,24,28). The van der Waals surface area contributed by atoms with Crippen LogP contribution < -0.4 is 5.32 Å². The van der Waals surface area contributed by atoms with Gasteiger partial charge in [-0.2, -0.15) is 0 Å². The van der Waals surface area contributed by atoms with Gasteiger partial charge in [-0.05, 0) is 43.2 Å². The van der Waals surface area contributed by atoms with Gasteiger partial charge in [-0.15, -0.1) is 10.2 Å². The first-order valence-corrected chi connectivity index (χ1v) is 10.6. The maximum atomic E-state index is 12.5. The van der Waals surface area contributed by atoms with Crippen molar-refractivity contribution in [1.82, 2.24) is 19.7 Å². The van der Waals surface area contributed by atoms with Crippen LogP contribution in [0.15, 0.2) is 53.9 Å². The second-order valence-corrected chi connectivity index (χ2v) is 8.20. The number of likely N-dealkylation sites (N-methyl/N-ethyl adjacent to an activating group) is 1. The lowest BCUT2D eigenvalue weighted by molar-refractivity contribution is -0.131. The van der Waals surface area contributed by atoms with Gasteiger partial charge in [-0.1, -0.05) is 47.6 Å². The normalized spacial score (nSPS) is 10.7. The lowest BCUT2D eigenvalue weighted by Crippen LogP contribution is -2.36. The maximum Gasteiger partial charge on any atom is 0.243 e. The summed E-state index contributed by atoms with van der Waals surface area (Å²) < 4.78 is 1.76. The number of nitrogens with zero attached hydrogens (tertiary/aromatic N) is 4. The molecule has 7 nitrogen and oxygen atoms in total. The average Bonchev–Trinajstić information content (AvgIpc) is 3.17. The molecule has 0 saturated heterocycles. The van der Waals surface area contributed by atoms with E-state index in [-0.39, 0.29) is 24.1 Å². The smallest absolute Gasteiger partial charge is 0.243 e. The number of amides is 2. The molecule has 3 aromatic rings. The van der Waals surface area contributed by atoms with Crippen molar-refractivity contribution >= 4 is 40.9 Å². The number of halogens is 1. The van der Waals surface area contributed by atoms with Gasteiger partial charge in [0.25, 0.3) is 0 Å². The van der Waals surface area contributed by atoms with Crippen LogP contribution in [0.5, 0.6) is 0 Å². The van der Waals surface area contributed by atoms with Crippen LogP contribution >= 0.6 is 23.4 Å². The topological polar surface area (TPSA) is 80.1 Å². The molecule has 1 aromatic heterocycles. The highest BCUT2D eigenvalue weighted by molar-refractivity contribution is 7.99. The van der Waals surface area contributed by atoms with E-state index >= 15 is 0 Å². The molecule has 3 rings (SSSR count). The number of aryl methyl sites for hydroxylation is 2. The molecule has 0 bridgehead atoms. The van der Waals surface area contributed by atoms with Gasteiger partial charge in [0.05, 0.1) is 18.0 Å². The Kier molecular flexibility index (Phi) is 7.12. The number of hydrogen-bond acceptors (Lipinski definition) is 5. The third-order valence-corrected chi connectivity index (χ3v) is 5.64. The summed E-state index contributed by atoms with van der Waals surface area (Å²) in [6.45, 7) is 3.84. The van der Waals surface area contributed by atoms with Crippen LogP contribution in [0.1, 0.15) is 11.1 Å². The van der Waals surface area contributed by atoms with Crippen molar-refractivity contribution in [3.63, 3.8) is 0 Å². The number of carbonyl (C=O) groups excluding carboxylic acids is 2. The SMILES string of the molecule is Cc1cccc(C)c1NC(=O)CN(C)C(=O)CSc1nncn1-c1cccc(Cl)c1. The van der Waals surface area contributed by atoms with E-state index in [4.69, 9.17) is 11.6 Å². The Morgan fingerprint density at radius 2 is 1.87 bits per heavy atom. The molecule has 9 heteroatoms. The van der Waals surface area contributed by atoms with Crippen LogP contribution in [0.4, 0.5) is 5.69 Å². The number of anilines is 1. The fourth-order valence-electron chi connectivity index (χ4n) is 2.86. The number of carbonyl (C=O) groups is 2. The van der Waals surface area contributed by atoms with Gasteiger partial charge in [0, 0.05) is 17.8 Å². The fraction of sp³-hybridized carbons (Fsp3) is 0.238. The molecule has 0 radical (unpaired) electrons. The number of para-hydroxylation sites is 1. The van der Waals surface area contributed by atoms with E-state index in [0.717, 1.165) is 22.5 Å².